The van der Waals surface area contributed by atoms with E-state index >= 15 is 0 Å². The van der Waals surface area contributed by atoms with Crippen LogP contribution >= 0.6 is 0 Å². The van der Waals surface area contributed by atoms with Crippen molar-refractivity contribution in [3.8, 4) is 0 Å². The lowest BCUT2D eigenvalue weighted by Gasteiger charge is -2.58. The maximum Gasteiger partial charge on any atom is 0.326 e. The minimum Gasteiger partial charge on any atom is -0.480 e. The van der Waals surface area contributed by atoms with E-state index in [1.54, 1.807) is 6.92 Å². The molecule has 1 amide bonds. The topological polar surface area (TPSA) is 105 Å². The molecular weight excluding hydrogens is 492 g/mol. The van der Waals surface area contributed by atoms with Gasteiger partial charge in [0, 0.05) is 12.3 Å². The Kier molecular flexibility index (Phi) is 7.71. The molecule has 0 bridgehead atoms. The Labute approximate surface area is 231 Å². The molecule has 0 heterocycles. The van der Waals surface area contributed by atoms with Crippen molar-refractivity contribution in [3.05, 3.63) is 47.5 Å². The molecule has 1 aromatic rings. The molecule has 210 valence electrons. The van der Waals surface area contributed by atoms with Crippen molar-refractivity contribution in [1.29, 1.82) is 0 Å². The van der Waals surface area contributed by atoms with E-state index in [0.29, 0.717) is 23.5 Å². The van der Waals surface area contributed by atoms with Gasteiger partial charge in [0.1, 0.15) is 11.8 Å². The van der Waals surface area contributed by atoms with E-state index < -0.39 is 17.9 Å². The number of ketones is 1. The second-order valence-corrected chi connectivity index (χ2v) is 12.8. The predicted octanol–water partition coefficient (Wildman–Crippen LogP) is 5.34. The Morgan fingerprint density at radius 1 is 1.05 bits per heavy atom. The second-order valence-electron chi connectivity index (χ2n) is 12.8. The highest BCUT2D eigenvalue weighted by Gasteiger charge is 2.59. The van der Waals surface area contributed by atoms with Crippen LogP contribution in [0.4, 0.5) is 0 Å². The fourth-order valence-electron chi connectivity index (χ4n) is 8.77. The molecule has 4 aliphatic carbocycles. The van der Waals surface area contributed by atoms with E-state index in [0.717, 1.165) is 43.4 Å². The molecule has 0 saturated heterocycles. The second kappa shape index (κ2) is 10.9. The summed E-state index contributed by atoms with van der Waals surface area (Å²) in [6, 6.07) is 8.21. The van der Waals surface area contributed by atoms with Crippen LogP contribution in [0.5, 0.6) is 0 Å². The fourth-order valence-corrected chi connectivity index (χ4v) is 8.77. The number of fused-ring (bicyclic) bond motifs is 5. The summed E-state index contributed by atoms with van der Waals surface area (Å²) in [6.07, 6.45) is 11.0. The lowest BCUT2D eigenvalue weighted by Crippen LogP contribution is -2.51. The first-order valence-electron chi connectivity index (χ1n) is 14.6. The van der Waals surface area contributed by atoms with Gasteiger partial charge in [-0.3, -0.25) is 9.59 Å². The Morgan fingerprint density at radius 2 is 1.82 bits per heavy atom. The summed E-state index contributed by atoms with van der Waals surface area (Å²) >= 11 is 0. The smallest absolute Gasteiger partial charge is 0.326 e. The van der Waals surface area contributed by atoms with Crippen LogP contribution in [-0.4, -0.2) is 41.1 Å². The van der Waals surface area contributed by atoms with Gasteiger partial charge >= 0.3 is 5.97 Å². The summed E-state index contributed by atoms with van der Waals surface area (Å²) in [4.78, 5) is 41.8. The number of Topliss-reactive ketones (excluding diaryl/α,β-unsaturated/α-hetero) is 1. The van der Waals surface area contributed by atoms with Crippen molar-refractivity contribution in [2.24, 2.45) is 39.7 Å². The monoisotopic (exact) mass is 534 g/mol. The number of hydrogen-bond donors (Lipinski definition) is 2. The number of carboxylic acids is 1. The van der Waals surface area contributed by atoms with E-state index in [1.807, 2.05) is 30.3 Å². The zero-order chi connectivity index (χ0) is 27.8. The summed E-state index contributed by atoms with van der Waals surface area (Å²) in [7, 11) is 0. The van der Waals surface area contributed by atoms with E-state index in [-0.39, 0.29) is 29.8 Å². The number of oxime groups is 1. The molecule has 0 aromatic heterocycles. The van der Waals surface area contributed by atoms with E-state index in [4.69, 9.17) is 4.84 Å². The third kappa shape index (κ3) is 5.29. The molecule has 7 nitrogen and oxygen atoms in total. The number of amides is 1. The van der Waals surface area contributed by atoms with Crippen molar-refractivity contribution in [3.63, 3.8) is 0 Å². The Hall–Kier alpha value is -2.96. The molecule has 7 atom stereocenters. The molecule has 7 heteroatoms. The van der Waals surface area contributed by atoms with Crippen LogP contribution in [0.15, 0.2) is 47.1 Å². The van der Waals surface area contributed by atoms with E-state index in [1.165, 1.54) is 24.8 Å². The Balaban J connectivity index is 1.19. The molecule has 0 aliphatic heterocycles. The molecule has 4 aliphatic rings. The standard InChI is InChI=1S/C32H42N2O5/c1-20(35)25-11-12-26-24-10-9-22-18-23(13-15-31(22,2)27(24)14-16-32(25,26)3)34-39-19-29(36)33-28(30(37)38)17-21-7-5-4-6-8-21/h4-8,18,24-28H,9-17,19H2,1-3H3,(H,33,36)(H,37,38)/b34-23+/t24-,25+,26-,27-,28-,31-,32+/m0/s1. The number of rotatable bonds is 8. The van der Waals surface area contributed by atoms with Gasteiger partial charge in [0.15, 0.2) is 6.61 Å². The van der Waals surface area contributed by atoms with E-state index in [2.05, 4.69) is 30.4 Å². The number of benzene rings is 1. The molecular formula is C32H42N2O5. The van der Waals surface area contributed by atoms with E-state index in [9.17, 15) is 19.5 Å². The van der Waals surface area contributed by atoms with Gasteiger partial charge in [0.05, 0.1) is 5.71 Å². The minimum atomic E-state index is -1.08. The van der Waals surface area contributed by atoms with Crippen LogP contribution in [0.2, 0.25) is 0 Å². The van der Waals surface area contributed by atoms with Crippen LogP contribution in [0, 0.1) is 34.5 Å². The number of allylic oxidation sites excluding steroid dienone is 2. The van der Waals surface area contributed by atoms with Gasteiger partial charge in [0.2, 0.25) is 0 Å². The quantitative estimate of drug-likeness (QED) is 0.438. The normalized spacial score (nSPS) is 35.2. The molecule has 5 rings (SSSR count). The maximum absolute atomic E-state index is 12.4. The summed E-state index contributed by atoms with van der Waals surface area (Å²) in [5.41, 5.74) is 3.46. The van der Waals surface area contributed by atoms with Crippen molar-refractivity contribution in [2.45, 2.75) is 84.6 Å². The van der Waals surface area contributed by atoms with Gasteiger partial charge in [-0.05, 0) is 98.5 Å². The molecule has 39 heavy (non-hydrogen) atoms. The molecule has 2 N–H and O–H groups in total. The fraction of sp³-hybridized carbons (Fsp3) is 0.625. The first-order valence-corrected chi connectivity index (χ1v) is 14.6. The minimum absolute atomic E-state index is 0.154. The van der Waals surface area contributed by atoms with Gasteiger partial charge in [-0.25, -0.2) is 4.79 Å². The number of nitrogens with one attached hydrogen (secondary N) is 1. The predicted molar refractivity (Wildman–Crippen MR) is 149 cm³/mol. The van der Waals surface area contributed by atoms with Crippen LogP contribution in [0.1, 0.15) is 77.7 Å². The average Bonchev–Trinajstić information content (AvgIpc) is 3.26. The zero-order valence-corrected chi connectivity index (χ0v) is 23.4. The SMILES string of the molecule is CC(=O)[C@H]1CC[C@H]2[C@@H]3CCC4=C/C(=N/OCC(=O)N[C@@H](Cc5ccccc5)C(=O)O)CC[C@]4(C)[C@H]3CC[C@]12C. The first kappa shape index (κ1) is 27.6. The summed E-state index contributed by atoms with van der Waals surface area (Å²) in [5, 5.41) is 16.3. The number of carbonyl (C=O) groups excluding carboxylic acids is 2. The molecule has 0 unspecified atom stereocenters. The molecule has 0 spiro atoms. The van der Waals surface area contributed by atoms with Gasteiger partial charge < -0.3 is 15.3 Å². The number of carboxylic acid groups (broad SMARTS) is 1. The highest BCUT2D eigenvalue weighted by molar-refractivity contribution is 5.96. The number of aliphatic carboxylic acids is 1. The summed E-state index contributed by atoms with van der Waals surface area (Å²) in [6.45, 7) is 6.29. The lowest BCUT2D eigenvalue weighted by molar-refractivity contribution is -0.142. The molecule has 3 fully saturated rings. The molecule has 1 aromatic carbocycles. The maximum atomic E-state index is 12.4. The molecule has 3 saturated carbocycles. The third-order valence-corrected chi connectivity index (χ3v) is 10.8. The van der Waals surface area contributed by atoms with Crippen molar-refractivity contribution in [2.75, 3.05) is 6.61 Å². The van der Waals surface area contributed by atoms with Crippen LogP contribution in [0.3, 0.4) is 0 Å². The van der Waals surface area contributed by atoms with Crippen molar-refractivity contribution < 1.29 is 24.3 Å². The number of carbonyl (C=O) groups is 3. The Morgan fingerprint density at radius 3 is 2.54 bits per heavy atom. The first-order chi connectivity index (χ1) is 18.6. The van der Waals surface area contributed by atoms with Gasteiger partial charge in [-0.15, -0.1) is 0 Å². The zero-order valence-electron chi connectivity index (χ0n) is 23.4. The lowest BCUT2D eigenvalue weighted by atomic mass is 9.46. The number of hydrogen-bond acceptors (Lipinski definition) is 5. The van der Waals surface area contributed by atoms with Crippen LogP contribution < -0.4 is 5.32 Å². The average molecular weight is 535 g/mol. The third-order valence-electron chi connectivity index (χ3n) is 10.8. The Bertz CT molecular complexity index is 1180. The van der Waals surface area contributed by atoms with Gasteiger partial charge in [-0.1, -0.05) is 54.9 Å². The van der Waals surface area contributed by atoms with Crippen LogP contribution in [0.25, 0.3) is 0 Å². The van der Waals surface area contributed by atoms with Crippen molar-refractivity contribution >= 4 is 23.4 Å². The van der Waals surface area contributed by atoms with Crippen molar-refractivity contribution in [1.82, 2.24) is 5.32 Å². The van der Waals surface area contributed by atoms with Gasteiger partial charge in [0.25, 0.3) is 5.91 Å². The summed E-state index contributed by atoms with van der Waals surface area (Å²) < 4.78 is 0. The van der Waals surface area contributed by atoms with Crippen LogP contribution in [-0.2, 0) is 25.6 Å². The highest BCUT2D eigenvalue weighted by atomic mass is 16.6. The summed E-state index contributed by atoms with van der Waals surface area (Å²) in [5.74, 6) is 1.01. The number of nitrogens with zero attached hydrogens (tertiary/aromatic N) is 1. The molecule has 0 radical (unpaired) electrons. The highest BCUT2D eigenvalue weighted by Crippen LogP contribution is 2.66. The largest absolute Gasteiger partial charge is 0.480 e. The van der Waals surface area contributed by atoms with Gasteiger partial charge in [-0.2, -0.15) is 0 Å².